The molecule has 0 radical (unpaired) electrons. The van der Waals surface area contributed by atoms with E-state index < -0.39 is 0 Å². The van der Waals surface area contributed by atoms with Crippen LogP contribution in [0.4, 0.5) is 0 Å². The number of hydrogen-bond donors (Lipinski definition) is 2. The standard InChI is InChI=1S/C17H30N4O3/c1-4-9-24-16-7-6-15(13-20-16)14-21-17(18-2)19-8-5-10-23-12-11-22-3/h6-7,13H,4-5,8-12,14H2,1-3H3,(H2,18,19,21). The number of nitrogens with zero attached hydrogens (tertiary/aromatic N) is 2. The fraction of sp³-hybridized carbons (Fsp3) is 0.647. The zero-order valence-corrected chi connectivity index (χ0v) is 15.0. The van der Waals surface area contributed by atoms with Crippen molar-refractivity contribution in [1.82, 2.24) is 15.6 Å². The summed E-state index contributed by atoms with van der Waals surface area (Å²) in [4.78, 5) is 8.48. The quantitative estimate of drug-likeness (QED) is 0.342. The zero-order chi connectivity index (χ0) is 17.5. The number of rotatable bonds is 12. The van der Waals surface area contributed by atoms with E-state index in [1.807, 2.05) is 18.3 Å². The van der Waals surface area contributed by atoms with Crippen LogP contribution in [-0.2, 0) is 16.0 Å². The number of aromatic nitrogens is 1. The van der Waals surface area contributed by atoms with Gasteiger partial charge in [0.1, 0.15) is 0 Å². The van der Waals surface area contributed by atoms with Gasteiger partial charge >= 0.3 is 0 Å². The number of methoxy groups -OCH3 is 1. The Morgan fingerprint density at radius 3 is 2.71 bits per heavy atom. The molecule has 24 heavy (non-hydrogen) atoms. The van der Waals surface area contributed by atoms with E-state index in [4.69, 9.17) is 14.2 Å². The highest BCUT2D eigenvalue weighted by Gasteiger charge is 2.00. The van der Waals surface area contributed by atoms with Crippen molar-refractivity contribution >= 4 is 5.96 Å². The van der Waals surface area contributed by atoms with Crippen LogP contribution < -0.4 is 15.4 Å². The van der Waals surface area contributed by atoms with Gasteiger partial charge in [0.05, 0.1) is 19.8 Å². The number of nitrogens with one attached hydrogen (secondary N) is 2. The van der Waals surface area contributed by atoms with Crippen molar-refractivity contribution in [3.63, 3.8) is 0 Å². The summed E-state index contributed by atoms with van der Waals surface area (Å²) in [5.74, 6) is 1.43. The predicted molar refractivity (Wildman–Crippen MR) is 95.5 cm³/mol. The summed E-state index contributed by atoms with van der Waals surface area (Å²) in [6.07, 6.45) is 3.70. The van der Waals surface area contributed by atoms with E-state index in [0.29, 0.717) is 38.9 Å². The van der Waals surface area contributed by atoms with Gasteiger partial charge in [-0.3, -0.25) is 4.99 Å². The molecule has 0 spiro atoms. The molecule has 2 N–H and O–H groups in total. The van der Waals surface area contributed by atoms with Crippen LogP contribution in [0.15, 0.2) is 23.3 Å². The third kappa shape index (κ3) is 9.32. The van der Waals surface area contributed by atoms with E-state index in [1.54, 1.807) is 14.2 Å². The SMILES string of the molecule is CCCOc1ccc(CNC(=NC)NCCCOCCOC)cn1. The Morgan fingerprint density at radius 1 is 1.17 bits per heavy atom. The molecule has 0 aliphatic rings. The van der Waals surface area contributed by atoms with E-state index in [1.165, 1.54) is 0 Å². The van der Waals surface area contributed by atoms with Gasteiger partial charge in [-0.2, -0.15) is 0 Å². The second-order valence-electron chi connectivity index (χ2n) is 5.16. The summed E-state index contributed by atoms with van der Waals surface area (Å²) < 4.78 is 15.8. The van der Waals surface area contributed by atoms with Gasteiger partial charge in [0.25, 0.3) is 0 Å². The van der Waals surface area contributed by atoms with Gasteiger partial charge in [-0.1, -0.05) is 13.0 Å². The van der Waals surface area contributed by atoms with E-state index >= 15 is 0 Å². The Balaban J connectivity index is 2.19. The molecule has 1 aromatic rings. The lowest BCUT2D eigenvalue weighted by Crippen LogP contribution is -2.37. The highest BCUT2D eigenvalue weighted by Crippen LogP contribution is 2.07. The molecular weight excluding hydrogens is 308 g/mol. The number of guanidine groups is 1. The third-order valence-electron chi connectivity index (χ3n) is 3.12. The molecule has 1 heterocycles. The topological polar surface area (TPSA) is 77.0 Å². The average Bonchev–Trinajstić information content (AvgIpc) is 2.62. The lowest BCUT2D eigenvalue weighted by Gasteiger charge is -2.12. The fourth-order valence-electron chi connectivity index (χ4n) is 1.84. The molecule has 1 rings (SSSR count). The summed E-state index contributed by atoms with van der Waals surface area (Å²) in [5.41, 5.74) is 1.07. The highest BCUT2D eigenvalue weighted by atomic mass is 16.5. The van der Waals surface area contributed by atoms with Gasteiger partial charge in [-0.15, -0.1) is 0 Å². The summed E-state index contributed by atoms with van der Waals surface area (Å²) in [7, 11) is 3.42. The number of aliphatic imine (C=N–C) groups is 1. The number of hydrogen-bond acceptors (Lipinski definition) is 5. The van der Waals surface area contributed by atoms with Gasteiger partial charge in [0, 0.05) is 46.1 Å². The Labute approximate surface area is 144 Å². The molecule has 0 atom stereocenters. The minimum absolute atomic E-state index is 0.632. The fourth-order valence-corrected chi connectivity index (χ4v) is 1.84. The first-order chi connectivity index (χ1) is 11.8. The second kappa shape index (κ2) is 13.6. The molecule has 0 aromatic carbocycles. The first-order valence-electron chi connectivity index (χ1n) is 8.39. The summed E-state index contributed by atoms with van der Waals surface area (Å²) in [6.45, 7) is 6.19. The van der Waals surface area contributed by atoms with Gasteiger partial charge in [-0.25, -0.2) is 4.98 Å². The Kier molecular flexibility index (Phi) is 11.4. The van der Waals surface area contributed by atoms with E-state index in [2.05, 4.69) is 27.5 Å². The van der Waals surface area contributed by atoms with Crippen LogP contribution in [0.25, 0.3) is 0 Å². The number of ether oxygens (including phenoxy) is 3. The van der Waals surface area contributed by atoms with E-state index in [9.17, 15) is 0 Å². The first kappa shape index (κ1) is 20.2. The molecule has 0 bridgehead atoms. The van der Waals surface area contributed by atoms with Crippen molar-refractivity contribution in [2.24, 2.45) is 4.99 Å². The smallest absolute Gasteiger partial charge is 0.213 e. The Hall–Kier alpha value is -1.86. The molecular formula is C17H30N4O3. The molecule has 7 nitrogen and oxygen atoms in total. The molecule has 7 heteroatoms. The van der Waals surface area contributed by atoms with Crippen LogP contribution in [-0.4, -0.2) is 58.1 Å². The van der Waals surface area contributed by atoms with Crippen LogP contribution in [0.3, 0.4) is 0 Å². The molecule has 0 aliphatic carbocycles. The summed E-state index contributed by atoms with van der Waals surface area (Å²) in [5, 5.41) is 6.51. The van der Waals surface area contributed by atoms with Gasteiger partial charge in [0.2, 0.25) is 5.88 Å². The zero-order valence-electron chi connectivity index (χ0n) is 15.0. The van der Waals surface area contributed by atoms with Crippen molar-refractivity contribution in [3.05, 3.63) is 23.9 Å². The van der Waals surface area contributed by atoms with Crippen molar-refractivity contribution < 1.29 is 14.2 Å². The van der Waals surface area contributed by atoms with E-state index in [0.717, 1.165) is 30.9 Å². The molecule has 0 aliphatic heterocycles. The Bertz CT molecular complexity index is 452. The monoisotopic (exact) mass is 338 g/mol. The maximum Gasteiger partial charge on any atom is 0.213 e. The van der Waals surface area contributed by atoms with Crippen molar-refractivity contribution in [2.45, 2.75) is 26.3 Å². The average molecular weight is 338 g/mol. The van der Waals surface area contributed by atoms with Crippen molar-refractivity contribution in [1.29, 1.82) is 0 Å². The van der Waals surface area contributed by atoms with Crippen LogP contribution in [0.2, 0.25) is 0 Å². The summed E-state index contributed by atoms with van der Waals surface area (Å²) >= 11 is 0. The van der Waals surface area contributed by atoms with Gasteiger partial charge < -0.3 is 24.8 Å². The van der Waals surface area contributed by atoms with Gasteiger partial charge in [-0.05, 0) is 18.4 Å². The van der Waals surface area contributed by atoms with Crippen LogP contribution in [0.1, 0.15) is 25.3 Å². The molecule has 136 valence electrons. The molecule has 0 saturated heterocycles. The maximum atomic E-state index is 5.47. The largest absolute Gasteiger partial charge is 0.478 e. The first-order valence-corrected chi connectivity index (χ1v) is 8.39. The second-order valence-corrected chi connectivity index (χ2v) is 5.16. The molecule has 0 fully saturated rings. The van der Waals surface area contributed by atoms with Gasteiger partial charge in [0.15, 0.2) is 5.96 Å². The molecule has 0 unspecified atom stereocenters. The molecule has 0 saturated carbocycles. The minimum atomic E-state index is 0.632. The highest BCUT2D eigenvalue weighted by molar-refractivity contribution is 5.79. The maximum absolute atomic E-state index is 5.47. The van der Waals surface area contributed by atoms with Crippen LogP contribution >= 0.6 is 0 Å². The van der Waals surface area contributed by atoms with Crippen LogP contribution in [0, 0.1) is 0 Å². The van der Waals surface area contributed by atoms with Crippen molar-refractivity contribution in [3.8, 4) is 5.88 Å². The van der Waals surface area contributed by atoms with Crippen molar-refractivity contribution in [2.75, 3.05) is 47.1 Å². The third-order valence-corrected chi connectivity index (χ3v) is 3.12. The lowest BCUT2D eigenvalue weighted by atomic mass is 10.3. The lowest BCUT2D eigenvalue weighted by molar-refractivity contribution is 0.0698. The minimum Gasteiger partial charge on any atom is -0.478 e. The van der Waals surface area contributed by atoms with Crippen LogP contribution in [0.5, 0.6) is 5.88 Å². The normalized spacial score (nSPS) is 11.4. The number of pyridine rings is 1. The predicted octanol–water partition coefficient (Wildman–Crippen LogP) is 1.59. The van der Waals surface area contributed by atoms with E-state index in [-0.39, 0.29) is 0 Å². The molecule has 0 amide bonds. The summed E-state index contributed by atoms with van der Waals surface area (Å²) in [6, 6.07) is 3.89. The Morgan fingerprint density at radius 2 is 2.04 bits per heavy atom. The molecule has 1 aromatic heterocycles.